The van der Waals surface area contributed by atoms with E-state index in [4.69, 9.17) is 5.73 Å². The number of hydrogen-bond donors (Lipinski definition) is 1. The van der Waals surface area contributed by atoms with E-state index >= 15 is 0 Å². The molecule has 0 heterocycles. The topological polar surface area (TPSA) is 29.3 Å². The molecule has 21 heavy (non-hydrogen) atoms. The summed E-state index contributed by atoms with van der Waals surface area (Å²) in [5.41, 5.74) is 8.24. The average molecular weight is 304 g/mol. The van der Waals surface area contributed by atoms with Crippen LogP contribution >= 0.6 is 11.8 Å². The number of hydrogen-bond acceptors (Lipinski definition) is 3. The summed E-state index contributed by atoms with van der Waals surface area (Å²) in [4.78, 5) is 3.44. The van der Waals surface area contributed by atoms with E-state index in [0.717, 1.165) is 12.1 Å². The zero-order valence-corrected chi connectivity index (χ0v) is 13.2. The maximum absolute atomic E-state index is 12.9. The van der Waals surface area contributed by atoms with E-state index in [-0.39, 0.29) is 11.9 Å². The molecule has 0 amide bonds. The van der Waals surface area contributed by atoms with Crippen LogP contribution in [0.1, 0.15) is 17.2 Å². The Bertz CT molecular complexity index is 554. The molecule has 2 aromatic rings. The smallest absolute Gasteiger partial charge is 0.123 e. The second-order valence-corrected chi connectivity index (χ2v) is 5.95. The minimum atomic E-state index is -0.204. The molecule has 0 aromatic heterocycles. The summed E-state index contributed by atoms with van der Waals surface area (Å²) in [5.74, 6) is -0.204. The van der Waals surface area contributed by atoms with E-state index in [1.165, 1.54) is 22.6 Å². The lowest BCUT2D eigenvalue weighted by molar-refractivity contribution is 0.241. The Labute approximate surface area is 130 Å². The molecule has 2 rings (SSSR count). The van der Waals surface area contributed by atoms with Crippen LogP contribution in [0.5, 0.6) is 0 Å². The number of thioether (sulfide) groups is 1. The predicted octanol–water partition coefficient (Wildman–Crippen LogP) is 3.68. The largest absolute Gasteiger partial charge is 0.329 e. The molecule has 2 nitrogen and oxygen atoms in total. The standard InChI is InChI=1S/C17H21FN2S/c1-20(12-13-3-7-15(18)8-4-13)17(11-19)14-5-9-16(21-2)10-6-14/h3-10,17H,11-12,19H2,1-2H3. The maximum atomic E-state index is 12.9. The molecule has 0 radical (unpaired) electrons. The Morgan fingerprint density at radius 1 is 1.10 bits per heavy atom. The fraction of sp³-hybridized carbons (Fsp3) is 0.294. The average Bonchev–Trinajstić information content (AvgIpc) is 2.51. The minimum Gasteiger partial charge on any atom is -0.329 e. The lowest BCUT2D eigenvalue weighted by Gasteiger charge is -2.27. The molecule has 0 aliphatic heterocycles. The van der Waals surface area contributed by atoms with Gasteiger partial charge in [-0.3, -0.25) is 4.90 Å². The normalized spacial score (nSPS) is 12.6. The van der Waals surface area contributed by atoms with Crippen LogP contribution in [0.2, 0.25) is 0 Å². The summed E-state index contributed by atoms with van der Waals surface area (Å²) in [5, 5.41) is 0. The van der Waals surface area contributed by atoms with E-state index < -0.39 is 0 Å². The highest BCUT2D eigenvalue weighted by atomic mass is 32.2. The Balaban J connectivity index is 2.09. The third kappa shape index (κ3) is 4.30. The van der Waals surface area contributed by atoms with E-state index in [1.54, 1.807) is 11.8 Å². The molecule has 2 aromatic carbocycles. The zero-order valence-electron chi connectivity index (χ0n) is 12.4. The van der Waals surface area contributed by atoms with Crippen molar-refractivity contribution in [1.82, 2.24) is 4.90 Å². The van der Waals surface area contributed by atoms with Gasteiger partial charge in [-0.15, -0.1) is 11.8 Å². The van der Waals surface area contributed by atoms with Gasteiger partial charge in [0, 0.05) is 24.0 Å². The SMILES string of the molecule is CSc1ccc(C(CN)N(C)Cc2ccc(F)cc2)cc1. The van der Waals surface area contributed by atoms with Gasteiger partial charge in [0.15, 0.2) is 0 Å². The first-order valence-corrected chi connectivity index (χ1v) is 8.15. The third-order valence-corrected chi connectivity index (χ3v) is 4.34. The fourth-order valence-corrected chi connectivity index (χ4v) is 2.79. The van der Waals surface area contributed by atoms with Crippen LogP contribution in [0.3, 0.4) is 0 Å². The van der Waals surface area contributed by atoms with E-state index in [0.29, 0.717) is 6.54 Å². The van der Waals surface area contributed by atoms with Gasteiger partial charge >= 0.3 is 0 Å². The summed E-state index contributed by atoms with van der Waals surface area (Å²) in [6, 6.07) is 15.3. The van der Waals surface area contributed by atoms with Gasteiger partial charge in [0.2, 0.25) is 0 Å². The Morgan fingerprint density at radius 3 is 2.24 bits per heavy atom. The third-order valence-electron chi connectivity index (χ3n) is 3.60. The maximum Gasteiger partial charge on any atom is 0.123 e. The Morgan fingerprint density at radius 2 is 1.71 bits per heavy atom. The molecule has 0 fully saturated rings. The van der Waals surface area contributed by atoms with Crippen LogP contribution in [-0.2, 0) is 6.54 Å². The highest BCUT2D eigenvalue weighted by Crippen LogP contribution is 2.23. The van der Waals surface area contributed by atoms with E-state index in [2.05, 4.69) is 35.4 Å². The molecule has 1 atom stereocenters. The van der Waals surface area contributed by atoms with Crippen LogP contribution < -0.4 is 5.73 Å². The summed E-state index contributed by atoms with van der Waals surface area (Å²) in [7, 11) is 2.05. The van der Waals surface area contributed by atoms with Crippen molar-refractivity contribution in [2.24, 2.45) is 5.73 Å². The van der Waals surface area contributed by atoms with Crippen molar-refractivity contribution in [1.29, 1.82) is 0 Å². The van der Waals surface area contributed by atoms with Crippen molar-refractivity contribution in [3.05, 3.63) is 65.5 Å². The van der Waals surface area contributed by atoms with E-state index in [1.807, 2.05) is 19.2 Å². The van der Waals surface area contributed by atoms with Crippen molar-refractivity contribution in [3.8, 4) is 0 Å². The number of rotatable bonds is 6. The van der Waals surface area contributed by atoms with Crippen LogP contribution in [0.25, 0.3) is 0 Å². The van der Waals surface area contributed by atoms with Gasteiger partial charge in [0.05, 0.1) is 0 Å². The highest BCUT2D eigenvalue weighted by Gasteiger charge is 2.15. The molecule has 1 unspecified atom stereocenters. The zero-order chi connectivity index (χ0) is 15.2. The van der Waals surface area contributed by atoms with Gasteiger partial charge in [-0.1, -0.05) is 24.3 Å². The first-order chi connectivity index (χ1) is 10.1. The van der Waals surface area contributed by atoms with E-state index in [9.17, 15) is 4.39 Å². The lowest BCUT2D eigenvalue weighted by Crippen LogP contribution is -2.30. The molecule has 0 aliphatic rings. The summed E-state index contributed by atoms with van der Waals surface area (Å²) < 4.78 is 12.9. The first kappa shape index (κ1) is 16.0. The van der Waals surface area contributed by atoms with Crippen molar-refractivity contribution in [3.63, 3.8) is 0 Å². The number of nitrogens with zero attached hydrogens (tertiary/aromatic N) is 1. The van der Waals surface area contributed by atoms with Crippen LogP contribution in [0.4, 0.5) is 4.39 Å². The lowest BCUT2D eigenvalue weighted by atomic mass is 10.0. The van der Waals surface area contributed by atoms with Crippen molar-refractivity contribution >= 4 is 11.8 Å². The Hall–Kier alpha value is -1.36. The molecule has 0 aliphatic carbocycles. The molecule has 2 N–H and O–H groups in total. The van der Waals surface area contributed by atoms with Crippen molar-refractivity contribution in [2.75, 3.05) is 19.8 Å². The highest BCUT2D eigenvalue weighted by molar-refractivity contribution is 7.98. The van der Waals surface area contributed by atoms with Crippen molar-refractivity contribution < 1.29 is 4.39 Å². The molecule has 4 heteroatoms. The second kappa shape index (κ2) is 7.59. The van der Waals surface area contributed by atoms with Gasteiger partial charge < -0.3 is 5.73 Å². The molecule has 0 spiro atoms. The molecule has 112 valence electrons. The summed E-state index contributed by atoms with van der Waals surface area (Å²) in [6.45, 7) is 1.29. The number of likely N-dealkylation sites (N-methyl/N-ethyl adjacent to an activating group) is 1. The van der Waals surface area contributed by atoms with Gasteiger partial charge in [0.1, 0.15) is 5.82 Å². The molecular weight excluding hydrogens is 283 g/mol. The minimum absolute atomic E-state index is 0.158. The van der Waals surface area contributed by atoms with Crippen LogP contribution in [-0.4, -0.2) is 24.7 Å². The number of halogens is 1. The van der Waals surface area contributed by atoms with Crippen LogP contribution in [0.15, 0.2) is 53.4 Å². The quantitative estimate of drug-likeness (QED) is 0.826. The monoisotopic (exact) mass is 304 g/mol. The van der Waals surface area contributed by atoms with Gasteiger partial charge in [-0.25, -0.2) is 4.39 Å². The molecule has 0 saturated heterocycles. The molecule has 0 saturated carbocycles. The van der Waals surface area contributed by atoms with Gasteiger partial charge in [0.25, 0.3) is 0 Å². The molecular formula is C17H21FN2S. The second-order valence-electron chi connectivity index (χ2n) is 5.07. The molecule has 0 bridgehead atoms. The summed E-state index contributed by atoms with van der Waals surface area (Å²) in [6.07, 6.45) is 2.07. The fourth-order valence-electron chi connectivity index (χ4n) is 2.38. The van der Waals surface area contributed by atoms with Crippen LogP contribution in [0, 0.1) is 5.82 Å². The number of nitrogens with two attached hydrogens (primary N) is 1. The number of benzene rings is 2. The van der Waals surface area contributed by atoms with Gasteiger partial charge in [-0.05, 0) is 48.7 Å². The summed E-state index contributed by atoms with van der Waals surface area (Å²) >= 11 is 1.73. The first-order valence-electron chi connectivity index (χ1n) is 6.92. The predicted molar refractivity (Wildman–Crippen MR) is 87.9 cm³/mol. The van der Waals surface area contributed by atoms with Gasteiger partial charge in [-0.2, -0.15) is 0 Å². The Kier molecular flexibility index (Phi) is 5.79. The van der Waals surface area contributed by atoms with Crippen molar-refractivity contribution in [2.45, 2.75) is 17.5 Å².